The van der Waals surface area contributed by atoms with E-state index < -0.39 is 34.7 Å². The number of carbonyl (C=O) groups is 1. The van der Waals surface area contributed by atoms with Gasteiger partial charge in [-0.1, -0.05) is 0 Å². The summed E-state index contributed by atoms with van der Waals surface area (Å²) in [6.45, 7) is 0.892. The molecule has 200 valence electrons. The van der Waals surface area contributed by atoms with Crippen molar-refractivity contribution in [3.8, 4) is 11.1 Å². The van der Waals surface area contributed by atoms with Crippen molar-refractivity contribution in [2.45, 2.75) is 18.9 Å². The standard InChI is InChI=1S/C27H24F2N6O4/c1-30-18-8-17(28)21(29)19-20-23(35-5-3-13(36)4-6-35)15(10-31-25(20)33-22(18)19)12-7-14-24(37)16(27(38)39)11-34(2)26(14)32-9-12/h7-11,13,30,36H,3-6H2,1-2H3,(H,31,33)(H,38,39). The fraction of sp³-hybridized carbons (Fsp3) is 0.259. The molecule has 0 radical (unpaired) electrons. The molecule has 1 saturated heterocycles. The maximum Gasteiger partial charge on any atom is 0.341 e. The molecule has 0 spiro atoms. The molecule has 39 heavy (non-hydrogen) atoms. The zero-order chi connectivity index (χ0) is 27.6. The van der Waals surface area contributed by atoms with Crippen LogP contribution in [-0.2, 0) is 7.05 Å². The predicted molar refractivity (Wildman–Crippen MR) is 143 cm³/mol. The number of benzene rings is 1. The van der Waals surface area contributed by atoms with Gasteiger partial charge in [0.25, 0.3) is 0 Å². The first-order chi connectivity index (χ1) is 18.7. The Hall–Kier alpha value is -4.58. The molecule has 0 amide bonds. The predicted octanol–water partition coefficient (Wildman–Crippen LogP) is 3.61. The summed E-state index contributed by atoms with van der Waals surface area (Å²) in [5, 5.41) is 23.0. The number of carboxylic acid groups (broad SMARTS) is 1. The summed E-state index contributed by atoms with van der Waals surface area (Å²) >= 11 is 0. The van der Waals surface area contributed by atoms with Crippen molar-refractivity contribution >= 4 is 50.3 Å². The van der Waals surface area contributed by atoms with E-state index in [0.29, 0.717) is 70.6 Å². The lowest BCUT2D eigenvalue weighted by Crippen LogP contribution is -2.36. The maximum atomic E-state index is 15.4. The zero-order valence-corrected chi connectivity index (χ0v) is 21.0. The number of fused-ring (bicyclic) bond motifs is 4. The van der Waals surface area contributed by atoms with Gasteiger partial charge in [-0.15, -0.1) is 0 Å². The van der Waals surface area contributed by atoms with Crippen molar-refractivity contribution in [2.75, 3.05) is 30.4 Å². The van der Waals surface area contributed by atoms with Gasteiger partial charge in [-0.25, -0.2) is 23.5 Å². The van der Waals surface area contributed by atoms with Gasteiger partial charge in [0, 0.05) is 63.0 Å². The Morgan fingerprint density at radius 3 is 2.59 bits per heavy atom. The Morgan fingerprint density at radius 1 is 1.15 bits per heavy atom. The van der Waals surface area contributed by atoms with Gasteiger partial charge >= 0.3 is 5.97 Å². The number of pyridine rings is 3. The number of anilines is 2. The number of carboxylic acids is 1. The van der Waals surface area contributed by atoms with Crippen molar-refractivity contribution in [3.63, 3.8) is 0 Å². The fourth-order valence-corrected chi connectivity index (χ4v) is 5.43. The molecule has 0 unspecified atom stereocenters. The van der Waals surface area contributed by atoms with E-state index in [2.05, 4.69) is 20.3 Å². The van der Waals surface area contributed by atoms with E-state index in [1.807, 2.05) is 4.90 Å². The Balaban J connectivity index is 1.70. The summed E-state index contributed by atoms with van der Waals surface area (Å²) < 4.78 is 31.6. The largest absolute Gasteiger partial charge is 0.477 e. The van der Waals surface area contributed by atoms with Crippen LogP contribution in [0, 0.1) is 11.6 Å². The molecule has 10 nitrogen and oxygen atoms in total. The van der Waals surface area contributed by atoms with Crippen molar-refractivity contribution in [1.82, 2.24) is 19.5 Å². The van der Waals surface area contributed by atoms with Crippen LogP contribution in [-0.4, -0.2) is 61.9 Å². The second-order valence-corrected chi connectivity index (χ2v) is 9.69. The Labute approximate surface area is 219 Å². The number of aromatic amines is 1. The lowest BCUT2D eigenvalue weighted by Gasteiger charge is -2.33. The highest BCUT2D eigenvalue weighted by atomic mass is 19.2. The Kier molecular flexibility index (Phi) is 5.72. The summed E-state index contributed by atoms with van der Waals surface area (Å²) in [4.78, 5) is 38.8. The van der Waals surface area contributed by atoms with Crippen LogP contribution < -0.4 is 15.6 Å². The third-order valence-corrected chi connectivity index (χ3v) is 7.37. The second-order valence-electron chi connectivity index (χ2n) is 9.69. The van der Waals surface area contributed by atoms with Crippen LogP contribution in [0.4, 0.5) is 20.2 Å². The first kappa shape index (κ1) is 24.7. The highest BCUT2D eigenvalue weighted by molar-refractivity contribution is 6.18. The van der Waals surface area contributed by atoms with Crippen LogP contribution in [0.2, 0.25) is 0 Å². The molecule has 6 rings (SSSR count). The number of aromatic nitrogens is 4. The van der Waals surface area contributed by atoms with E-state index >= 15 is 4.39 Å². The minimum absolute atomic E-state index is 0.0302. The molecule has 0 bridgehead atoms. The topological polar surface area (TPSA) is 136 Å². The number of halogens is 2. The zero-order valence-electron chi connectivity index (χ0n) is 21.0. The minimum Gasteiger partial charge on any atom is -0.477 e. The maximum absolute atomic E-state index is 15.4. The number of H-pyrrole nitrogens is 1. The molecule has 0 saturated carbocycles. The van der Waals surface area contributed by atoms with Crippen molar-refractivity contribution in [1.29, 1.82) is 0 Å². The van der Waals surface area contributed by atoms with Crippen LogP contribution in [0.3, 0.4) is 0 Å². The average molecular weight is 535 g/mol. The third-order valence-electron chi connectivity index (χ3n) is 7.37. The van der Waals surface area contributed by atoms with E-state index in [4.69, 9.17) is 0 Å². The van der Waals surface area contributed by atoms with Crippen LogP contribution in [0.15, 0.2) is 35.5 Å². The lowest BCUT2D eigenvalue weighted by molar-refractivity contribution is 0.0695. The van der Waals surface area contributed by atoms with Crippen LogP contribution >= 0.6 is 0 Å². The number of aliphatic hydroxyl groups excluding tert-OH is 1. The first-order valence-electron chi connectivity index (χ1n) is 12.4. The van der Waals surface area contributed by atoms with Crippen molar-refractivity contribution in [2.24, 2.45) is 7.05 Å². The number of aliphatic hydroxyl groups is 1. The molecule has 4 aromatic heterocycles. The summed E-state index contributed by atoms with van der Waals surface area (Å²) in [6.07, 6.45) is 4.80. The summed E-state index contributed by atoms with van der Waals surface area (Å²) in [5.41, 5.74) is 1.79. The normalized spacial score (nSPS) is 14.5. The van der Waals surface area contributed by atoms with E-state index in [0.717, 1.165) is 6.07 Å². The number of hydrogen-bond donors (Lipinski definition) is 4. The number of piperidine rings is 1. The quantitative estimate of drug-likeness (QED) is 0.275. The van der Waals surface area contributed by atoms with Gasteiger partial charge in [0.1, 0.15) is 16.9 Å². The SMILES string of the molecule is CNc1cc(F)c(F)c2c1[nH]c1ncc(-c3cnc4c(c3)c(=O)c(C(=O)O)cn4C)c(N3CCC(O)CC3)c12. The average Bonchev–Trinajstić information content (AvgIpc) is 3.32. The monoisotopic (exact) mass is 534 g/mol. The molecule has 1 aromatic carbocycles. The van der Waals surface area contributed by atoms with Gasteiger partial charge in [-0.05, 0) is 18.9 Å². The number of nitrogens with zero attached hydrogens (tertiary/aromatic N) is 4. The molecule has 1 aliphatic rings. The summed E-state index contributed by atoms with van der Waals surface area (Å²) in [6, 6.07) is 2.63. The fourth-order valence-electron chi connectivity index (χ4n) is 5.43. The van der Waals surface area contributed by atoms with Crippen LogP contribution in [0.1, 0.15) is 23.2 Å². The Bertz CT molecular complexity index is 1870. The van der Waals surface area contributed by atoms with E-state index in [1.165, 1.54) is 17.0 Å². The molecule has 1 aliphatic heterocycles. The number of aromatic carboxylic acids is 1. The number of aryl methyl sites for hydroxylation is 1. The molecule has 1 fully saturated rings. The van der Waals surface area contributed by atoms with Gasteiger partial charge in [-0.2, -0.15) is 0 Å². The number of rotatable bonds is 4. The third kappa shape index (κ3) is 3.78. The molecule has 5 aromatic rings. The van der Waals surface area contributed by atoms with Gasteiger partial charge in [0.15, 0.2) is 11.6 Å². The second kappa shape index (κ2) is 9.02. The molecule has 12 heteroatoms. The molecule has 0 atom stereocenters. The molecular formula is C27H24F2N6O4. The molecule has 0 aliphatic carbocycles. The highest BCUT2D eigenvalue weighted by Gasteiger charge is 2.28. The Morgan fingerprint density at radius 2 is 1.90 bits per heavy atom. The number of hydrogen-bond acceptors (Lipinski definition) is 7. The molecule has 4 N–H and O–H groups in total. The summed E-state index contributed by atoms with van der Waals surface area (Å²) in [7, 11) is 3.21. The van der Waals surface area contributed by atoms with Crippen molar-refractivity contribution < 1.29 is 23.8 Å². The van der Waals surface area contributed by atoms with Crippen molar-refractivity contribution in [3.05, 3.63) is 58.1 Å². The summed E-state index contributed by atoms with van der Waals surface area (Å²) in [5.74, 6) is -3.39. The molecule has 5 heterocycles. The van der Waals surface area contributed by atoms with Gasteiger partial charge in [-0.3, -0.25) is 4.79 Å². The van der Waals surface area contributed by atoms with E-state index in [-0.39, 0.29) is 10.8 Å². The van der Waals surface area contributed by atoms with Gasteiger partial charge in [0.05, 0.1) is 39.2 Å². The van der Waals surface area contributed by atoms with Gasteiger partial charge in [0.2, 0.25) is 5.43 Å². The highest BCUT2D eigenvalue weighted by Crippen LogP contribution is 2.43. The number of nitrogens with one attached hydrogen (secondary N) is 2. The van der Waals surface area contributed by atoms with E-state index in [1.54, 1.807) is 26.4 Å². The van der Waals surface area contributed by atoms with Crippen LogP contribution in [0.25, 0.3) is 44.1 Å². The van der Waals surface area contributed by atoms with Crippen LogP contribution in [0.5, 0.6) is 0 Å². The molecular weight excluding hydrogens is 510 g/mol. The van der Waals surface area contributed by atoms with E-state index in [9.17, 15) is 24.2 Å². The smallest absolute Gasteiger partial charge is 0.341 e. The first-order valence-corrected chi connectivity index (χ1v) is 12.4. The van der Waals surface area contributed by atoms with Gasteiger partial charge < -0.3 is 30.0 Å². The minimum atomic E-state index is -1.35. The lowest BCUT2D eigenvalue weighted by atomic mass is 9.99.